The SMILES string of the molecule is O=C(O)c1cc(Cl)ccc1Oc1ncnc2ccsc12. The number of nitrogens with zero attached hydrogens (tertiary/aromatic N) is 2. The number of aromatic carboxylic acids is 1. The van der Waals surface area contributed by atoms with E-state index >= 15 is 0 Å². The second-order valence-corrected chi connectivity index (χ2v) is 5.21. The Morgan fingerprint density at radius 1 is 1.30 bits per heavy atom. The first kappa shape index (κ1) is 12.8. The van der Waals surface area contributed by atoms with E-state index in [1.54, 1.807) is 6.07 Å². The highest BCUT2D eigenvalue weighted by Gasteiger charge is 2.15. The summed E-state index contributed by atoms with van der Waals surface area (Å²) in [6.45, 7) is 0. The van der Waals surface area contributed by atoms with E-state index in [9.17, 15) is 9.90 Å². The van der Waals surface area contributed by atoms with Crippen LogP contribution in [0.5, 0.6) is 11.6 Å². The van der Waals surface area contributed by atoms with Gasteiger partial charge < -0.3 is 9.84 Å². The van der Waals surface area contributed by atoms with Crippen LogP contribution in [-0.4, -0.2) is 21.0 Å². The van der Waals surface area contributed by atoms with E-state index in [0.29, 0.717) is 10.9 Å². The van der Waals surface area contributed by atoms with Crippen LogP contribution in [0.2, 0.25) is 5.02 Å². The summed E-state index contributed by atoms with van der Waals surface area (Å²) < 4.78 is 6.38. The molecule has 3 rings (SSSR count). The van der Waals surface area contributed by atoms with Gasteiger partial charge in [-0.25, -0.2) is 14.8 Å². The fourth-order valence-corrected chi connectivity index (χ4v) is 2.64. The summed E-state index contributed by atoms with van der Waals surface area (Å²) >= 11 is 7.23. The molecule has 0 saturated heterocycles. The fourth-order valence-electron chi connectivity index (χ4n) is 1.70. The Balaban J connectivity index is 2.07. The first-order chi connectivity index (χ1) is 9.65. The van der Waals surface area contributed by atoms with Gasteiger partial charge >= 0.3 is 5.97 Å². The Morgan fingerprint density at radius 2 is 2.15 bits per heavy atom. The van der Waals surface area contributed by atoms with Gasteiger partial charge in [-0.15, -0.1) is 11.3 Å². The predicted octanol–water partition coefficient (Wildman–Crippen LogP) is 3.84. The number of carbonyl (C=O) groups is 1. The van der Waals surface area contributed by atoms with Crippen molar-refractivity contribution in [3.8, 4) is 11.6 Å². The minimum Gasteiger partial charge on any atom is -0.478 e. The van der Waals surface area contributed by atoms with E-state index in [1.165, 1.54) is 29.8 Å². The summed E-state index contributed by atoms with van der Waals surface area (Å²) in [6.07, 6.45) is 1.38. The van der Waals surface area contributed by atoms with Gasteiger partial charge in [0.2, 0.25) is 5.88 Å². The molecule has 0 aliphatic rings. The first-order valence-electron chi connectivity index (χ1n) is 5.54. The van der Waals surface area contributed by atoms with E-state index in [-0.39, 0.29) is 11.3 Å². The van der Waals surface area contributed by atoms with Crippen molar-refractivity contribution in [1.29, 1.82) is 0 Å². The van der Waals surface area contributed by atoms with Crippen molar-refractivity contribution in [2.75, 3.05) is 0 Å². The smallest absolute Gasteiger partial charge is 0.339 e. The van der Waals surface area contributed by atoms with Crippen molar-refractivity contribution >= 4 is 39.1 Å². The summed E-state index contributed by atoms with van der Waals surface area (Å²) in [5.74, 6) is -0.593. The molecule has 0 atom stereocenters. The molecule has 0 aliphatic heterocycles. The maximum absolute atomic E-state index is 11.2. The first-order valence-corrected chi connectivity index (χ1v) is 6.80. The highest BCUT2D eigenvalue weighted by atomic mass is 35.5. The molecule has 0 spiro atoms. The number of carboxylic acids is 1. The molecule has 0 radical (unpaired) electrons. The molecule has 5 nitrogen and oxygen atoms in total. The number of fused-ring (bicyclic) bond motifs is 1. The molecule has 0 fully saturated rings. The summed E-state index contributed by atoms with van der Waals surface area (Å²) in [4.78, 5) is 19.4. The highest BCUT2D eigenvalue weighted by Crippen LogP contribution is 2.32. The van der Waals surface area contributed by atoms with E-state index in [2.05, 4.69) is 9.97 Å². The van der Waals surface area contributed by atoms with Gasteiger partial charge in [0.15, 0.2) is 0 Å². The van der Waals surface area contributed by atoms with Crippen molar-refractivity contribution in [3.63, 3.8) is 0 Å². The molecule has 100 valence electrons. The number of ether oxygens (including phenoxy) is 1. The van der Waals surface area contributed by atoms with Crippen molar-refractivity contribution < 1.29 is 14.6 Å². The van der Waals surface area contributed by atoms with Gasteiger partial charge in [0, 0.05) is 5.02 Å². The monoisotopic (exact) mass is 306 g/mol. The molecule has 3 aromatic rings. The Morgan fingerprint density at radius 3 is 2.95 bits per heavy atom. The van der Waals surface area contributed by atoms with Gasteiger partial charge in [0.25, 0.3) is 0 Å². The average molecular weight is 307 g/mol. The predicted molar refractivity (Wildman–Crippen MR) is 75.9 cm³/mol. The molecular weight excluding hydrogens is 300 g/mol. The summed E-state index contributed by atoms with van der Waals surface area (Å²) in [6, 6.07) is 6.25. The van der Waals surface area contributed by atoms with Gasteiger partial charge in [-0.3, -0.25) is 0 Å². The normalized spacial score (nSPS) is 10.7. The Bertz CT molecular complexity index is 803. The lowest BCUT2D eigenvalue weighted by Crippen LogP contribution is -2.00. The van der Waals surface area contributed by atoms with Crippen LogP contribution < -0.4 is 4.74 Å². The van der Waals surface area contributed by atoms with Crippen LogP contribution in [0.25, 0.3) is 10.2 Å². The third-order valence-electron chi connectivity index (χ3n) is 2.59. The second kappa shape index (κ2) is 5.07. The third kappa shape index (κ3) is 2.31. The van der Waals surface area contributed by atoms with E-state index < -0.39 is 5.97 Å². The molecule has 7 heteroatoms. The van der Waals surface area contributed by atoms with Crippen molar-refractivity contribution in [2.45, 2.75) is 0 Å². The zero-order valence-electron chi connectivity index (χ0n) is 9.91. The fraction of sp³-hybridized carbons (Fsp3) is 0. The van der Waals surface area contributed by atoms with E-state index in [1.807, 2.05) is 11.4 Å². The summed E-state index contributed by atoms with van der Waals surface area (Å²) in [5, 5.41) is 11.4. The Hall–Kier alpha value is -2.18. The van der Waals surface area contributed by atoms with Gasteiger partial charge in [-0.2, -0.15) is 0 Å². The van der Waals surface area contributed by atoms with Crippen LogP contribution in [0.1, 0.15) is 10.4 Å². The van der Waals surface area contributed by atoms with E-state index in [0.717, 1.165) is 10.2 Å². The third-order valence-corrected chi connectivity index (χ3v) is 3.72. The number of hydrogen-bond donors (Lipinski definition) is 1. The molecule has 0 unspecified atom stereocenters. The molecular formula is C13H7ClN2O3S. The lowest BCUT2D eigenvalue weighted by atomic mass is 10.2. The number of carboxylic acid groups (broad SMARTS) is 1. The maximum atomic E-state index is 11.2. The minimum atomic E-state index is -1.11. The molecule has 1 N–H and O–H groups in total. The van der Waals surface area contributed by atoms with Crippen LogP contribution in [0, 0.1) is 0 Å². The average Bonchev–Trinajstić information content (AvgIpc) is 2.90. The lowest BCUT2D eigenvalue weighted by molar-refractivity contribution is 0.0694. The summed E-state index contributed by atoms with van der Waals surface area (Å²) in [7, 11) is 0. The van der Waals surface area contributed by atoms with Crippen LogP contribution in [0.3, 0.4) is 0 Å². The number of hydrogen-bond acceptors (Lipinski definition) is 5. The minimum absolute atomic E-state index is 0.0131. The number of thiophene rings is 1. The standard InChI is InChI=1S/C13H7ClN2O3S/c14-7-1-2-10(8(5-7)13(17)18)19-12-11-9(3-4-20-11)15-6-16-12/h1-6H,(H,17,18). The van der Waals surface area contributed by atoms with Crippen molar-refractivity contribution in [1.82, 2.24) is 9.97 Å². The van der Waals surface area contributed by atoms with Crippen LogP contribution in [-0.2, 0) is 0 Å². The van der Waals surface area contributed by atoms with Crippen LogP contribution in [0.4, 0.5) is 0 Å². The largest absolute Gasteiger partial charge is 0.478 e. The topological polar surface area (TPSA) is 72.3 Å². The molecule has 2 aromatic heterocycles. The maximum Gasteiger partial charge on any atom is 0.339 e. The highest BCUT2D eigenvalue weighted by molar-refractivity contribution is 7.17. The van der Waals surface area contributed by atoms with Crippen molar-refractivity contribution in [3.05, 3.63) is 46.6 Å². The van der Waals surface area contributed by atoms with Gasteiger partial charge in [0.05, 0.1) is 5.52 Å². The molecule has 20 heavy (non-hydrogen) atoms. The molecule has 0 saturated carbocycles. The Labute approximate surface area is 122 Å². The van der Waals surface area contributed by atoms with Gasteiger partial charge in [-0.05, 0) is 29.6 Å². The summed E-state index contributed by atoms with van der Waals surface area (Å²) in [5.41, 5.74) is 0.742. The lowest BCUT2D eigenvalue weighted by Gasteiger charge is -2.08. The van der Waals surface area contributed by atoms with Gasteiger partial charge in [0.1, 0.15) is 22.3 Å². The molecule has 0 aliphatic carbocycles. The zero-order chi connectivity index (χ0) is 14.1. The molecule has 1 aromatic carbocycles. The van der Waals surface area contributed by atoms with Gasteiger partial charge in [-0.1, -0.05) is 11.6 Å². The zero-order valence-corrected chi connectivity index (χ0v) is 11.5. The van der Waals surface area contributed by atoms with Crippen LogP contribution in [0.15, 0.2) is 36.0 Å². The molecule has 0 bridgehead atoms. The number of rotatable bonds is 3. The number of benzene rings is 1. The quantitative estimate of drug-likeness (QED) is 0.796. The second-order valence-electron chi connectivity index (χ2n) is 3.86. The Kier molecular flexibility index (Phi) is 3.25. The molecule has 0 amide bonds. The van der Waals surface area contributed by atoms with Crippen molar-refractivity contribution in [2.24, 2.45) is 0 Å². The van der Waals surface area contributed by atoms with E-state index in [4.69, 9.17) is 16.3 Å². The number of aromatic nitrogens is 2. The number of halogens is 1. The van der Waals surface area contributed by atoms with Crippen LogP contribution >= 0.6 is 22.9 Å². The molecule has 2 heterocycles.